The van der Waals surface area contributed by atoms with E-state index < -0.39 is 0 Å². The average molecular weight is 517 g/mol. The summed E-state index contributed by atoms with van der Waals surface area (Å²) in [6, 6.07) is 8.89. The van der Waals surface area contributed by atoms with Crippen molar-refractivity contribution in [2.75, 3.05) is 27.9 Å². The highest BCUT2D eigenvalue weighted by Gasteiger charge is 2.15. The van der Waals surface area contributed by atoms with E-state index in [0.29, 0.717) is 48.4 Å². The first-order valence-corrected chi connectivity index (χ1v) is 9.09. The molecule has 0 fully saturated rings. The Kier molecular flexibility index (Phi) is 10.6. The van der Waals surface area contributed by atoms with E-state index in [1.807, 2.05) is 25.1 Å². The predicted octanol–water partition coefficient (Wildman–Crippen LogP) is 4.03. The lowest BCUT2D eigenvalue weighted by atomic mass is 10.1. The van der Waals surface area contributed by atoms with E-state index in [0.717, 1.165) is 11.1 Å². The van der Waals surface area contributed by atoms with Crippen molar-refractivity contribution >= 4 is 29.9 Å². The summed E-state index contributed by atoms with van der Waals surface area (Å²) in [4.78, 5) is 4.53. The number of hydrogen-bond acceptors (Lipinski definition) is 4. The van der Waals surface area contributed by atoms with Crippen LogP contribution in [0.2, 0.25) is 0 Å². The zero-order chi connectivity index (χ0) is 20.5. The van der Waals surface area contributed by atoms with E-state index in [4.69, 9.17) is 14.2 Å². The molecule has 6 nitrogen and oxygen atoms in total. The van der Waals surface area contributed by atoms with Crippen molar-refractivity contribution in [2.24, 2.45) is 4.99 Å². The van der Waals surface area contributed by atoms with Crippen molar-refractivity contribution in [2.45, 2.75) is 26.9 Å². The Bertz CT molecular complexity index is 831. The minimum atomic E-state index is -0.222. The molecular formula is C21H29FIN3O3. The third-order valence-electron chi connectivity index (χ3n) is 4.23. The van der Waals surface area contributed by atoms with Gasteiger partial charge in [-0.3, -0.25) is 0 Å². The van der Waals surface area contributed by atoms with Gasteiger partial charge in [-0.05, 0) is 43.2 Å². The summed E-state index contributed by atoms with van der Waals surface area (Å²) in [5.74, 6) is 2.15. The largest absolute Gasteiger partial charge is 0.493 e. The van der Waals surface area contributed by atoms with Crippen LogP contribution in [-0.4, -0.2) is 33.8 Å². The second-order valence-corrected chi connectivity index (χ2v) is 6.13. The molecular weight excluding hydrogens is 488 g/mol. The number of methoxy groups -OCH3 is 3. The van der Waals surface area contributed by atoms with Crippen molar-refractivity contribution in [1.29, 1.82) is 0 Å². The maximum absolute atomic E-state index is 13.7. The van der Waals surface area contributed by atoms with Gasteiger partial charge in [0.1, 0.15) is 5.82 Å². The molecule has 0 saturated heterocycles. The summed E-state index contributed by atoms with van der Waals surface area (Å²) in [6.07, 6.45) is 0. The molecule has 0 atom stereocenters. The first kappa shape index (κ1) is 24.8. The molecule has 8 heteroatoms. The molecule has 0 heterocycles. The molecule has 29 heavy (non-hydrogen) atoms. The van der Waals surface area contributed by atoms with E-state index >= 15 is 0 Å². The van der Waals surface area contributed by atoms with Crippen LogP contribution in [-0.2, 0) is 13.1 Å². The van der Waals surface area contributed by atoms with Crippen LogP contribution in [0.1, 0.15) is 23.6 Å². The van der Waals surface area contributed by atoms with Crippen LogP contribution in [0.5, 0.6) is 17.2 Å². The molecule has 0 saturated carbocycles. The number of nitrogens with zero attached hydrogens (tertiary/aromatic N) is 1. The molecule has 0 bridgehead atoms. The van der Waals surface area contributed by atoms with Gasteiger partial charge < -0.3 is 24.8 Å². The summed E-state index contributed by atoms with van der Waals surface area (Å²) >= 11 is 0. The first-order chi connectivity index (χ1) is 13.5. The second kappa shape index (κ2) is 12.4. The Morgan fingerprint density at radius 3 is 2.31 bits per heavy atom. The van der Waals surface area contributed by atoms with Gasteiger partial charge in [0.25, 0.3) is 0 Å². The van der Waals surface area contributed by atoms with Crippen LogP contribution >= 0.6 is 24.0 Å². The Morgan fingerprint density at radius 1 is 1.00 bits per heavy atom. The number of rotatable bonds is 8. The highest BCUT2D eigenvalue weighted by atomic mass is 127. The molecule has 2 aromatic carbocycles. The third kappa shape index (κ3) is 6.66. The van der Waals surface area contributed by atoms with Crippen LogP contribution in [0, 0.1) is 12.7 Å². The number of aliphatic imine (C=N–C) groups is 1. The summed E-state index contributed by atoms with van der Waals surface area (Å²) in [5.41, 5.74) is 2.33. The number of hydrogen-bond donors (Lipinski definition) is 2. The zero-order valence-corrected chi connectivity index (χ0v) is 19.8. The molecule has 0 aliphatic heterocycles. The van der Waals surface area contributed by atoms with Gasteiger partial charge in [0.2, 0.25) is 5.75 Å². The number of guanidine groups is 1. The number of aryl methyl sites for hydroxylation is 1. The third-order valence-corrected chi connectivity index (χ3v) is 4.23. The minimum Gasteiger partial charge on any atom is -0.493 e. The van der Waals surface area contributed by atoms with E-state index in [2.05, 4.69) is 15.6 Å². The van der Waals surface area contributed by atoms with Crippen molar-refractivity contribution in [3.05, 3.63) is 52.8 Å². The molecule has 0 aliphatic rings. The van der Waals surface area contributed by atoms with Crippen LogP contribution in [0.15, 0.2) is 35.3 Å². The molecule has 0 aromatic heterocycles. The van der Waals surface area contributed by atoms with Crippen LogP contribution in [0.3, 0.4) is 0 Å². The molecule has 0 spiro atoms. The molecule has 2 rings (SSSR count). The number of ether oxygens (including phenoxy) is 3. The van der Waals surface area contributed by atoms with Gasteiger partial charge in [0.05, 0.1) is 27.9 Å². The number of halogens is 2. The van der Waals surface area contributed by atoms with E-state index in [1.54, 1.807) is 34.3 Å². The topological polar surface area (TPSA) is 64.1 Å². The first-order valence-electron chi connectivity index (χ1n) is 9.09. The predicted molar refractivity (Wildman–Crippen MR) is 124 cm³/mol. The normalized spacial score (nSPS) is 10.8. The molecule has 0 unspecified atom stereocenters. The summed E-state index contributed by atoms with van der Waals surface area (Å²) in [6.45, 7) is 5.27. The lowest BCUT2D eigenvalue weighted by Gasteiger charge is -2.17. The summed E-state index contributed by atoms with van der Waals surface area (Å²) in [5, 5.41) is 6.45. The molecule has 0 radical (unpaired) electrons. The maximum Gasteiger partial charge on any atom is 0.203 e. The lowest BCUT2D eigenvalue weighted by Crippen LogP contribution is -2.36. The fourth-order valence-electron chi connectivity index (χ4n) is 2.73. The van der Waals surface area contributed by atoms with Gasteiger partial charge in [-0.1, -0.05) is 12.1 Å². The second-order valence-electron chi connectivity index (χ2n) is 6.13. The highest BCUT2D eigenvalue weighted by molar-refractivity contribution is 14.0. The van der Waals surface area contributed by atoms with Crippen molar-refractivity contribution < 1.29 is 18.6 Å². The van der Waals surface area contributed by atoms with Gasteiger partial charge in [-0.25, -0.2) is 9.38 Å². The highest BCUT2D eigenvalue weighted by Crippen LogP contribution is 2.39. The van der Waals surface area contributed by atoms with Gasteiger partial charge in [0.15, 0.2) is 17.5 Å². The summed E-state index contributed by atoms with van der Waals surface area (Å²) < 4.78 is 30.0. The van der Waals surface area contributed by atoms with Gasteiger partial charge in [-0.2, -0.15) is 0 Å². The summed E-state index contributed by atoms with van der Waals surface area (Å²) in [7, 11) is 4.74. The molecule has 0 aliphatic carbocycles. The Balaban J connectivity index is 0.00000420. The van der Waals surface area contributed by atoms with E-state index in [1.165, 1.54) is 6.07 Å². The van der Waals surface area contributed by atoms with Crippen LogP contribution < -0.4 is 24.8 Å². The Labute approximate surface area is 188 Å². The van der Waals surface area contributed by atoms with Crippen LogP contribution in [0.4, 0.5) is 4.39 Å². The van der Waals surface area contributed by atoms with E-state index in [9.17, 15) is 4.39 Å². The van der Waals surface area contributed by atoms with Gasteiger partial charge in [-0.15, -0.1) is 24.0 Å². The van der Waals surface area contributed by atoms with Crippen molar-refractivity contribution in [1.82, 2.24) is 10.6 Å². The van der Waals surface area contributed by atoms with Gasteiger partial charge in [0, 0.05) is 18.7 Å². The minimum absolute atomic E-state index is 0. The molecule has 2 N–H and O–H groups in total. The van der Waals surface area contributed by atoms with Gasteiger partial charge >= 0.3 is 0 Å². The monoisotopic (exact) mass is 517 g/mol. The lowest BCUT2D eigenvalue weighted by molar-refractivity contribution is 0.322. The fraction of sp³-hybridized carbons (Fsp3) is 0.381. The smallest absolute Gasteiger partial charge is 0.203 e. The zero-order valence-electron chi connectivity index (χ0n) is 17.5. The van der Waals surface area contributed by atoms with Crippen LogP contribution in [0.25, 0.3) is 0 Å². The number of nitrogens with one attached hydrogen (secondary N) is 2. The molecule has 2 aromatic rings. The fourth-order valence-corrected chi connectivity index (χ4v) is 2.73. The SMILES string of the molecule is CCNC(=NCc1ccc(C)c(F)c1)NCc1ccc(OC)c(OC)c1OC.I. The Morgan fingerprint density at radius 2 is 1.72 bits per heavy atom. The molecule has 0 amide bonds. The molecule has 160 valence electrons. The quantitative estimate of drug-likeness (QED) is 0.315. The van der Waals surface area contributed by atoms with Crippen molar-refractivity contribution in [3.63, 3.8) is 0 Å². The Hall–Kier alpha value is -2.23. The van der Waals surface area contributed by atoms with E-state index in [-0.39, 0.29) is 29.8 Å². The number of benzene rings is 2. The standard InChI is InChI=1S/C21H28FN3O3.HI/c1-6-23-21(24-12-15-8-7-14(2)17(22)11-15)25-13-16-9-10-18(26-3)20(28-5)19(16)27-4;/h7-11H,6,12-13H2,1-5H3,(H2,23,24,25);1H. The van der Waals surface area contributed by atoms with Crippen molar-refractivity contribution in [3.8, 4) is 17.2 Å². The average Bonchev–Trinajstić information content (AvgIpc) is 2.71. The maximum atomic E-state index is 13.7.